The number of benzene rings is 2. The Morgan fingerprint density at radius 2 is 1.87 bits per heavy atom. The molecule has 0 radical (unpaired) electrons. The van der Waals surface area contributed by atoms with Gasteiger partial charge in [-0.3, -0.25) is 0 Å². The molecule has 0 bridgehead atoms. The molecule has 1 unspecified atom stereocenters. The molecule has 2 atom stereocenters. The smallest absolute Gasteiger partial charge is 0.409 e. The van der Waals surface area contributed by atoms with Gasteiger partial charge in [-0.2, -0.15) is 5.26 Å². The fourth-order valence-corrected chi connectivity index (χ4v) is 6.62. The van der Waals surface area contributed by atoms with Crippen molar-refractivity contribution in [3.05, 3.63) is 65.2 Å². The first-order chi connectivity index (χ1) is 19.0. The number of nitrogens with zero attached hydrogens (tertiary/aromatic N) is 3. The minimum absolute atomic E-state index is 0.151. The lowest BCUT2D eigenvalue weighted by molar-refractivity contribution is 0.0114. The van der Waals surface area contributed by atoms with Gasteiger partial charge in [-0.15, -0.1) is 0 Å². The van der Waals surface area contributed by atoms with E-state index in [0.29, 0.717) is 31.2 Å². The lowest BCUT2D eigenvalue weighted by atomic mass is 9.61. The van der Waals surface area contributed by atoms with Gasteiger partial charge >= 0.3 is 6.09 Å². The number of ether oxygens (including phenoxy) is 3. The first-order valence-corrected chi connectivity index (χ1v) is 14.3. The summed E-state index contributed by atoms with van der Waals surface area (Å²) in [5, 5.41) is 8.96. The zero-order valence-corrected chi connectivity index (χ0v) is 23.7. The molecule has 2 heterocycles. The van der Waals surface area contributed by atoms with Crippen LogP contribution in [-0.4, -0.2) is 69.0 Å². The van der Waals surface area contributed by atoms with Crippen LogP contribution in [0.2, 0.25) is 0 Å². The van der Waals surface area contributed by atoms with Crippen LogP contribution in [0.25, 0.3) is 0 Å². The number of likely N-dealkylation sites (tertiary alicyclic amines) is 1. The summed E-state index contributed by atoms with van der Waals surface area (Å²) in [7, 11) is 3.30. The van der Waals surface area contributed by atoms with Gasteiger partial charge in [0.1, 0.15) is 5.75 Å². The Hall–Kier alpha value is -3.08. The van der Waals surface area contributed by atoms with Gasteiger partial charge < -0.3 is 24.0 Å². The predicted octanol–water partition coefficient (Wildman–Crippen LogP) is 5.76. The molecule has 2 aliphatic heterocycles. The number of fused-ring (bicyclic) bond motifs is 1. The van der Waals surface area contributed by atoms with Crippen LogP contribution >= 0.6 is 0 Å². The monoisotopic (exact) mass is 533 g/mol. The molecule has 0 saturated carbocycles. The van der Waals surface area contributed by atoms with Crippen LogP contribution in [-0.2, 0) is 21.4 Å². The molecule has 2 aromatic carbocycles. The molecule has 1 amide bonds. The largest absolute Gasteiger partial charge is 0.494 e. The topological polar surface area (TPSA) is 75.0 Å². The van der Waals surface area contributed by atoms with E-state index in [2.05, 4.69) is 42.2 Å². The molecule has 39 heavy (non-hydrogen) atoms. The van der Waals surface area contributed by atoms with Crippen molar-refractivity contribution in [1.82, 2.24) is 9.80 Å². The highest BCUT2D eigenvalue weighted by atomic mass is 16.5. The molecule has 1 saturated heterocycles. The number of nitriles is 1. The van der Waals surface area contributed by atoms with Crippen LogP contribution < -0.4 is 4.74 Å². The second-order valence-corrected chi connectivity index (χ2v) is 10.9. The molecule has 7 nitrogen and oxygen atoms in total. The van der Waals surface area contributed by atoms with E-state index in [-0.39, 0.29) is 17.6 Å². The highest BCUT2D eigenvalue weighted by Crippen LogP contribution is 2.47. The van der Waals surface area contributed by atoms with Crippen molar-refractivity contribution in [2.45, 2.75) is 63.5 Å². The maximum Gasteiger partial charge on any atom is 0.409 e. The standard InChI is InChI=1S/C32H43N3O4/c1-4-8-29(37-2)21-32(24-35(31(36)38-3)23-26-9-5-6-10-30(26)32)27-15-18-34(19-16-27)17-7-20-39-28-13-11-25(22-33)12-14-28/h5-6,9-14,27,29H,4,7-8,15-21,23-24H2,1-3H3/t29-,32?/m1/s1. The number of carbonyl (C=O) groups is 1. The highest BCUT2D eigenvalue weighted by Gasteiger charge is 2.48. The molecule has 0 aliphatic carbocycles. The van der Waals surface area contributed by atoms with Crippen molar-refractivity contribution in [3.63, 3.8) is 0 Å². The Labute approximate surface area is 233 Å². The summed E-state index contributed by atoms with van der Waals surface area (Å²) in [6, 6.07) is 18.1. The minimum atomic E-state index is -0.252. The molecule has 210 valence electrons. The lowest BCUT2D eigenvalue weighted by Gasteiger charge is -2.51. The molecule has 0 spiro atoms. The maximum atomic E-state index is 12.8. The molecule has 7 heteroatoms. The number of rotatable bonds is 11. The molecule has 1 fully saturated rings. The van der Waals surface area contributed by atoms with Crippen LogP contribution in [0.3, 0.4) is 0 Å². The molecular formula is C32H43N3O4. The molecular weight excluding hydrogens is 490 g/mol. The fraction of sp³-hybridized carbons (Fsp3) is 0.562. The summed E-state index contributed by atoms with van der Waals surface area (Å²) >= 11 is 0. The van der Waals surface area contributed by atoms with Crippen molar-refractivity contribution in [2.24, 2.45) is 5.92 Å². The van der Waals surface area contributed by atoms with E-state index < -0.39 is 0 Å². The Morgan fingerprint density at radius 1 is 1.13 bits per heavy atom. The van der Waals surface area contributed by atoms with Crippen molar-refractivity contribution in [2.75, 3.05) is 47.0 Å². The average molecular weight is 534 g/mol. The minimum Gasteiger partial charge on any atom is -0.494 e. The Bertz CT molecular complexity index is 1110. The number of methoxy groups -OCH3 is 2. The third-order valence-corrected chi connectivity index (χ3v) is 8.60. The fourth-order valence-electron chi connectivity index (χ4n) is 6.62. The van der Waals surface area contributed by atoms with Crippen molar-refractivity contribution in [1.29, 1.82) is 5.26 Å². The van der Waals surface area contributed by atoms with E-state index in [9.17, 15) is 4.79 Å². The Balaban J connectivity index is 1.44. The van der Waals surface area contributed by atoms with Gasteiger partial charge in [0.25, 0.3) is 0 Å². The summed E-state index contributed by atoms with van der Waals surface area (Å²) in [4.78, 5) is 17.2. The summed E-state index contributed by atoms with van der Waals surface area (Å²) in [6.45, 7) is 7.20. The zero-order chi connectivity index (χ0) is 27.7. The van der Waals surface area contributed by atoms with Crippen LogP contribution in [0.4, 0.5) is 4.79 Å². The van der Waals surface area contributed by atoms with Crippen molar-refractivity contribution >= 4 is 6.09 Å². The van der Waals surface area contributed by atoms with Gasteiger partial charge in [-0.25, -0.2) is 4.79 Å². The van der Waals surface area contributed by atoms with Crippen LogP contribution in [0.5, 0.6) is 5.75 Å². The van der Waals surface area contributed by atoms with E-state index in [1.54, 1.807) is 12.1 Å². The zero-order valence-electron chi connectivity index (χ0n) is 23.7. The van der Waals surface area contributed by atoms with Crippen LogP contribution in [0, 0.1) is 17.2 Å². The molecule has 2 aliphatic rings. The Kier molecular flexibility index (Phi) is 10.2. The van der Waals surface area contributed by atoms with Gasteiger partial charge in [-0.1, -0.05) is 37.6 Å². The average Bonchev–Trinajstić information content (AvgIpc) is 2.99. The van der Waals surface area contributed by atoms with Gasteiger partial charge in [0, 0.05) is 32.2 Å². The third kappa shape index (κ3) is 6.93. The van der Waals surface area contributed by atoms with Gasteiger partial charge in [-0.05, 0) is 86.5 Å². The molecule has 4 rings (SSSR count). The number of carbonyl (C=O) groups excluding carboxylic acids is 1. The first kappa shape index (κ1) is 28.9. The summed E-state index contributed by atoms with van der Waals surface area (Å²) in [5.41, 5.74) is 3.09. The second kappa shape index (κ2) is 13.8. The maximum absolute atomic E-state index is 12.8. The van der Waals surface area contributed by atoms with E-state index in [4.69, 9.17) is 19.5 Å². The Morgan fingerprint density at radius 3 is 2.54 bits per heavy atom. The van der Waals surface area contributed by atoms with Gasteiger partial charge in [0.15, 0.2) is 0 Å². The number of hydrogen-bond acceptors (Lipinski definition) is 6. The molecule has 2 aromatic rings. The van der Waals surface area contributed by atoms with Gasteiger partial charge in [0.05, 0.1) is 31.5 Å². The molecule has 0 aromatic heterocycles. The second-order valence-electron chi connectivity index (χ2n) is 10.9. The summed E-state index contributed by atoms with van der Waals surface area (Å²) in [6.07, 6.45) is 6.01. The van der Waals surface area contributed by atoms with Crippen molar-refractivity contribution in [3.8, 4) is 11.8 Å². The number of piperidine rings is 1. The predicted molar refractivity (Wildman–Crippen MR) is 152 cm³/mol. The quantitative estimate of drug-likeness (QED) is 0.342. The van der Waals surface area contributed by atoms with Gasteiger partial charge in [0.2, 0.25) is 0 Å². The van der Waals surface area contributed by atoms with E-state index in [1.165, 1.54) is 18.2 Å². The first-order valence-electron chi connectivity index (χ1n) is 14.3. The van der Waals surface area contributed by atoms with E-state index >= 15 is 0 Å². The van der Waals surface area contributed by atoms with Crippen LogP contribution in [0.15, 0.2) is 48.5 Å². The van der Waals surface area contributed by atoms with Crippen molar-refractivity contribution < 1.29 is 19.0 Å². The molecule has 0 N–H and O–H groups in total. The lowest BCUT2D eigenvalue weighted by Crippen LogP contribution is -2.55. The summed E-state index contributed by atoms with van der Waals surface area (Å²) in [5.74, 6) is 1.26. The van der Waals surface area contributed by atoms with E-state index in [0.717, 1.165) is 63.9 Å². The normalized spacial score (nSPS) is 20.6. The summed E-state index contributed by atoms with van der Waals surface area (Å²) < 4.78 is 17.1. The van der Waals surface area contributed by atoms with E-state index in [1.807, 2.05) is 24.1 Å². The SMILES string of the molecule is CCC[C@H](CC1(C2CCN(CCCOc3ccc(C#N)cc3)CC2)CN(C(=O)OC)Cc2ccccc21)OC. The van der Waals surface area contributed by atoms with Crippen LogP contribution in [0.1, 0.15) is 62.1 Å². The number of hydrogen-bond donors (Lipinski definition) is 0. The highest BCUT2D eigenvalue weighted by molar-refractivity contribution is 5.68. The number of amides is 1. The third-order valence-electron chi connectivity index (χ3n) is 8.60.